The standard InChI is InChI=1S/C19H32N2O6S/c1-19(18(24)25-12-13-28,14-26-16(22)8-4-6-10-20-2)15-27-17(23)9-5-7-11-21-3/h28H,2-15H2,1H3. The smallest absolute Gasteiger partial charge is 0.318 e. The van der Waals surface area contributed by atoms with Gasteiger partial charge in [0.25, 0.3) is 0 Å². The van der Waals surface area contributed by atoms with Gasteiger partial charge >= 0.3 is 17.9 Å². The van der Waals surface area contributed by atoms with E-state index >= 15 is 0 Å². The van der Waals surface area contributed by atoms with Gasteiger partial charge in [0.2, 0.25) is 0 Å². The van der Waals surface area contributed by atoms with Crippen LogP contribution >= 0.6 is 12.6 Å². The van der Waals surface area contributed by atoms with Gasteiger partial charge < -0.3 is 24.2 Å². The van der Waals surface area contributed by atoms with Gasteiger partial charge in [0.15, 0.2) is 0 Å². The van der Waals surface area contributed by atoms with Crippen LogP contribution in [0.2, 0.25) is 0 Å². The number of thiol groups is 1. The van der Waals surface area contributed by atoms with Crippen LogP contribution in [0.1, 0.15) is 45.4 Å². The van der Waals surface area contributed by atoms with Crippen LogP contribution in [0.25, 0.3) is 0 Å². The van der Waals surface area contributed by atoms with Gasteiger partial charge in [0.05, 0.1) is 0 Å². The van der Waals surface area contributed by atoms with Crippen molar-refractivity contribution in [1.82, 2.24) is 0 Å². The molecular weight excluding hydrogens is 384 g/mol. The maximum atomic E-state index is 12.4. The van der Waals surface area contributed by atoms with E-state index in [1.807, 2.05) is 0 Å². The Kier molecular flexibility index (Phi) is 15.0. The number of rotatable bonds is 17. The molecule has 0 atom stereocenters. The molecule has 0 aliphatic rings. The number of nitrogens with zero attached hydrogens (tertiary/aromatic N) is 2. The minimum absolute atomic E-state index is 0.114. The van der Waals surface area contributed by atoms with Crippen molar-refractivity contribution in [2.45, 2.75) is 45.4 Å². The lowest BCUT2D eigenvalue weighted by Gasteiger charge is -2.26. The molecular formula is C19H32N2O6S. The lowest BCUT2D eigenvalue weighted by atomic mass is 9.93. The molecule has 0 aromatic rings. The predicted octanol–water partition coefficient (Wildman–Crippen LogP) is 2.29. The van der Waals surface area contributed by atoms with Crippen molar-refractivity contribution in [3.8, 4) is 0 Å². The highest BCUT2D eigenvalue weighted by Gasteiger charge is 2.38. The third-order valence-corrected chi connectivity index (χ3v) is 4.00. The van der Waals surface area contributed by atoms with Crippen molar-refractivity contribution in [3.05, 3.63) is 0 Å². The van der Waals surface area contributed by atoms with Gasteiger partial charge in [-0.05, 0) is 46.0 Å². The van der Waals surface area contributed by atoms with Crippen molar-refractivity contribution in [2.24, 2.45) is 15.4 Å². The molecule has 8 nitrogen and oxygen atoms in total. The Morgan fingerprint density at radius 2 is 1.32 bits per heavy atom. The monoisotopic (exact) mass is 416 g/mol. The lowest BCUT2D eigenvalue weighted by Crippen LogP contribution is -2.40. The highest BCUT2D eigenvalue weighted by Crippen LogP contribution is 2.21. The molecule has 28 heavy (non-hydrogen) atoms. The second-order valence-electron chi connectivity index (χ2n) is 6.55. The zero-order valence-electron chi connectivity index (χ0n) is 16.7. The topological polar surface area (TPSA) is 104 Å². The molecule has 0 saturated heterocycles. The molecule has 0 fully saturated rings. The molecule has 9 heteroatoms. The zero-order chi connectivity index (χ0) is 21.3. The molecule has 0 aliphatic heterocycles. The zero-order valence-corrected chi connectivity index (χ0v) is 17.6. The van der Waals surface area contributed by atoms with Gasteiger partial charge in [-0.25, -0.2) is 0 Å². The number of carbonyl (C=O) groups is 3. The normalized spacial score (nSPS) is 10.8. The van der Waals surface area contributed by atoms with Gasteiger partial charge in [-0.1, -0.05) is 0 Å². The summed E-state index contributed by atoms with van der Waals surface area (Å²) in [5.41, 5.74) is -1.28. The van der Waals surface area contributed by atoms with Crippen LogP contribution in [0, 0.1) is 5.41 Å². The molecule has 0 unspecified atom stereocenters. The SMILES string of the molecule is C=NCCCCC(=O)OCC(C)(COC(=O)CCCCN=C)C(=O)OCCS. The summed E-state index contributed by atoms with van der Waals surface area (Å²) in [6, 6.07) is 0. The second-order valence-corrected chi connectivity index (χ2v) is 7.00. The molecule has 0 bridgehead atoms. The molecule has 0 rings (SSSR count). The van der Waals surface area contributed by atoms with E-state index in [1.54, 1.807) is 0 Å². The molecule has 0 heterocycles. The Balaban J connectivity index is 4.59. The average Bonchev–Trinajstić information content (AvgIpc) is 2.69. The number of hydrogen-bond acceptors (Lipinski definition) is 9. The Morgan fingerprint density at radius 3 is 1.71 bits per heavy atom. The third kappa shape index (κ3) is 12.5. The minimum Gasteiger partial charge on any atom is -0.464 e. The van der Waals surface area contributed by atoms with Gasteiger partial charge in [0, 0.05) is 31.7 Å². The first-order valence-corrected chi connectivity index (χ1v) is 9.97. The van der Waals surface area contributed by atoms with E-state index in [1.165, 1.54) is 6.92 Å². The number of esters is 3. The number of unbranched alkanes of at least 4 members (excludes halogenated alkanes) is 2. The van der Waals surface area contributed by atoms with E-state index in [4.69, 9.17) is 14.2 Å². The molecule has 0 aliphatic carbocycles. The van der Waals surface area contributed by atoms with Crippen LogP contribution in [0.3, 0.4) is 0 Å². The van der Waals surface area contributed by atoms with Crippen molar-refractivity contribution in [2.75, 3.05) is 38.7 Å². The predicted molar refractivity (Wildman–Crippen MR) is 111 cm³/mol. The molecule has 0 spiro atoms. The van der Waals surface area contributed by atoms with Crippen molar-refractivity contribution < 1.29 is 28.6 Å². The van der Waals surface area contributed by atoms with Crippen LogP contribution in [-0.2, 0) is 28.6 Å². The summed E-state index contributed by atoms with van der Waals surface area (Å²) in [7, 11) is 0. The molecule has 0 aromatic heterocycles. The van der Waals surface area contributed by atoms with E-state index in [9.17, 15) is 14.4 Å². The number of ether oxygens (including phenoxy) is 3. The maximum Gasteiger partial charge on any atom is 0.318 e. The van der Waals surface area contributed by atoms with E-state index in [2.05, 4.69) is 36.0 Å². The molecule has 0 radical (unpaired) electrons. The Morgan fingerprint density at radius 1 is 0.857 bits per heavy atom. The summed E-state index contributed by atoms with van der Waals surface area (Å²) in [5.74, 6) is -1.11. The molecule has 0 saturated carbocycles. The van der Waals surface area contributed by atoms with E-state index < -0.39 is 23.3 Å². The fourth-order valence-corrected chi connectivity index (χ4v) is 2.17. The lowest BCUT2D eigenvalue weighted by molar-refractivity contribution is -0.169. The van der Waals surface area contributed by atoms with Crippen molar-refractivity contribution in [1.29, 1.82) is 0 Å². The number of carbonyl (C=O) groups excluding carboxylic acids is 3. The summed E-state index contributed by atoms with van der Waals surface area (Å²) >= 11 is 4.00. The Labute approximate surface area is 172 Å². The van der Waals surface area contributed by atoms with E-state index in [0.717, 1.165) is 12.8 Å². The first kappa shape index (κ1) is 26.1. The van der Waals surface area contributed by atoms with Gasteiger partial charge in [-0.3, -0.25) is 14.4 Å². The molecule has 160 valence electrons. The first-order chi connectivity index (χ1) is 13.4. The largest absolute Gasteiger partial charge is 0.464 e. The van der Waals surface area contributed by atoms with E-state index in [0.29, 0.717) is 31.7 Å². The fraction of sp³-hybridized carbons (Fsp3) is 0.737. The average molecular weight is 417 g/mol. The van der Waals surface area contributed by atoms with Gasteiger partial charge in [-0.2, -0.15) is 12.6 Å². The first-order valence-electron chi connectivity index (χ1n) is 9.34. The summed E-state index contributed by atoms with van der Waals surface area (Å²) in [6.07, 6.45) is 3.14. The number of hydrogen-bond donors (Lipinski definition) is 1. The minimum atomic E-state index is -1.28. The second kappa shape index (κ2) is 16.1. The van der Waals surface area contributed by atoms with Gasteiger partial charge in [-0.15, -0.1) is 0 Å². The van der Waals surface area contributed by atoms with Crippen molar-refractivity contribution in [3.63, 3.8) is 0 Å². The van der Waals surface area contributed by atoms with E-state index in [-0.39, 0.29) is 32.7 Å². The highest BCUT2D eigenvalue weighted by atomic mass is 32.1. The number of aliphatic imine (C=N–C) groups is 2. The van der Waals surface area contributed by atoms with Crippen LogP contribution in [0.15, 0.2) is 9.98 Å². The van der Waals surface area contributed by atoms with Crippen LogP contribution in [0.5, 0.6) is 0 Å². The van der Waals surface area contributed by atoms with Gasteiger partial charge in [0.1, 0.15) is 25.2 Å². The molecule has 0 amide bonds. The third-order valence-electron chi connectivity index (χ3n) is 3.81. The summed E-state index contributed by atoms with van der Waals surface area (Å²) in [5, 5.41) is 0. The fourth-order valence-electron chi connectivity index (χ4n) is 2.08. The summed E-state index contributed by atoms with van der Waals surface area (Å²) in [4.78, 5) is 43.6. The highest BCUT2D eigenvalue weighted by molar-refractivity contribution is 7.80. The van der Waals surface area contributed by atoms with Crippen LogP contribution < -0.4 is 0 Å². The van der Waals surface area contributed by atoms with Crippen LogP contribution in [-0.4, -0.2) is 70.0 Å². The van der Waals surface area contributed by atoms with Crippen LogP contribution in [0.4, 0.5) is 0 Å². The summed E-state index contributed by atoms with van der Waals surface area (Å²) < 4.78 is 15.5. The van der Waals surface area contributed by atoms with Crippen molar-refractivity contribution >= 4 is 44.0 Å². The Bertz CT molecular complexity index is 481. The molecule has 0 N–H and O–H groups in total. The Hall–Kier alpha value is -1.90. The maximum absolute atomic E-state index is 12.4. The quantitative estimate of drug-likeness (QED) is 0.128. The molecule has 0 aromatic carbocycles. The summed E-state index contributed by atoms with van der Waals surface area (Å²) in [6.45, 7) is 9.12.